The highest BCUT2D eigenvalue weighted by Gasteiger charge is 2.10. The van der Waals surface area contributed by atoms with Crippen molar-refractivity contribution in [2.75, 3.05) is 0 Å². The Morgan fingerprint density at radius 3 is 2.55 bits per heavy atom. The molecule has 3 N–H and O–H groups in total. The Morgan fingerprint density at radius 1 is 1.23 bits per heavy atom. The standard InChI is InChI=1S/C16H15N3O2S/c1-11-4-2-3-5-14(11)15(20)21-13-8-6-12(7-9-13)10-18-19-16(17)22/h2-10H,1H3,(H3,17,19,22)/b18-10+. The van der Waals surface area contributed by atoms with Crippen LogP contribution < -0.4 is 15.9 Å². The van der Waals surface area contributed by atoms with E-state index in [-0.39, 0.29) is 11.1 Å². The van der Waals surface area contributed by atoms with Gasteiger partial charge in [-0.05, 0) is 60.6 Å². The van der Waals surface area contributed by atoms with Crippen molar-refractivity contribution < 1.29 is 9.53 Å². The van der Waals surface area contributed by atoms with Gasteiger partial charge in [0.25, 0.3) is 0 Å². The number of esters is 1. The summed E-state index contributed by atoms with van der Waals surface area (Å²) >= 11 is 4.63. The fourth-order valence-corrected chi connectivity index (χ4v) is 1.81. The monoisotopic (exact) mass is 313 g/mol. The Kier molecular flexibility index (Phi) is 5.21. The first-order valence-corrected chi connectivity index (χ1v) is 6.93. The van der Waals surface area contributed by atoms with Crippen molar-refractivity contribution in [3.05, 3.63) is 65.2 Å². The number of ether oxygens (including phenoxy) is 1. The van der Waals surface area contributed by atoms with Crippen molar-refractivity contribution in [3.8, 4) is 5.75 Å². The van der Waals surface area contributed by atoms with Crippen molar-refractivity contribution in [3.63, 3.8) is 0 Å². The number of carbonyl (C=O) groups is 1. The summed E-state index contributed by atoms with van der Waals surface area (Å²) in [5, 5.41) is 3.94. The lowest BCUT2D eigenvalue weighted by Crippen LogP contribution is -2.23. The molecule has 0 atom stereocenters. The van der Waals surface area contributed by atoms with E-state index in [1.165, 1.54) is 0 Å². The zero-order chi connectivity index (χ0) is 15.9. The lowest BCUT2D eigenvalue weighted by Gasteiger charge is -2.06. The number of hydrogen-bond donors (Lipinski definition) is 2. The number of hydrazone groups is 1. The number of carbonyl (C=O) groups excluding carboxylic acids is 1. The van der Waals surface area contributed by atoms with E-state index in [0.29, 0.717) is 11.3 Å². The first-order chi connectivity index (χ1) is 10.6. The second-order valence-corrected chi connectivity index (χ2v) is 4.95. The molecule has 0 heterocycles. The summed E-state index contributed by atoms with van der Waals surface area (Å²) in [5.74, 6) is 0.0855. The van der Waals surface area contributed by atoms with Crippen molar-refractivity contribution in [2.24, 2.45) is 10.8 Å². The molecule has 5 nitrogen and oxygen atoms in total. The van der Waals surface area contributed by atoms with Crippen LogP contribution in [0.5, 0.6) is 5.75 Å². The minimum absolute atomic E-state index is 0.0973. The second-order valence-electron chi connectivity index (χ2n) is 4.51. The average Bonchev–Trinajstić information content (AvgIpc) is 2.49. The van der Waals surface area contributed by atoms with Crippen LogP contribution in [-0.2, 0) is 0 Å². The molecule has 0 radical (unpaired) electrons. The van der Waals surface area contributed by atoms with Crippen molar-refractivity contribution in [1.29, 1.82) is 0 Å². The quantitative estimate of drug-likeness (QED) is 0.298. The molecule has 0 saturated heterocycles. The first-order valence-electron chi connectivity index (χ1n) is 6.52. The third kappa shape index (κ3) is 4.39. The molecule has 0 fully saturated rings. The van der Waals surface area contributed by atoms with Gasteiger partial charge in [-0.3, -0.25) is 5.43 Å². The van der Waals surface area contributed by atoms with Gasteiger partial charge in [0.2, 0.25) is 0 Å². The SMILES string of the molecule is Cc1ccccc1C(=O)Oc1ccc(/C=N/NC(N)=S)cc1. The molecule has 22 heavy (non-hydrogen) atoms. The molecule has 0 aromatic heterocycles. The molecule has 0 spiro atoms. The smallest absolute Gasteiger partial charge is 0.343 e. The van der Waals surface area contributed by atoms with Gasteiger partial charge in [-0.25, -0.2) is 4.79 Å². The molecule has 0 saturated carbocycles. The van der Waals surface area contributed by atoms with Crippen molar-refractivity contribution >= 4 is 29.5 Å². The van der Waals surface area contributed by atoms with Crippen LogP contribution >= 0.6 is 12.2 Å². The van der Waals surface area contributed by atoms with Crippen LogP contribution in [0.2, 0.25) is 0 Å². The van der Waals surface area contributed by atoms with Gasteiger partial charge in [0, 0.05) is 0 Å². The second kappa shape index (κ2) is 7.33. The van der Waals surface area contributed by atoms with E-state index >= 15 is 0 Å². The zero-order valence-corrected chi connectivity index (χ0v) is 12.8. The number of nitrogens with one attached hydrogen (secondary N) is 1. The highest BCUT2D eigenvalue weighted by molar-refractivity contribution is 7.80. The number of nitrogens with zero attached hydrogens (tertiary/aromatic N) is 1. The highest BCUT2D eigenvalue weighted by Crippen LogP contribution is 2.15. The third-order valence-corrected chi connectivity index (χ3v) is 2.94. The molecule has 0 amide bonds. The Labute approximate surface area is 133 Å². The molecule has 2 aromatic carbocycles. The predicted octanol–water partition coefficient (Wildman–Crippen LogP) is 2.38. The maximum atomic E-state index is 12.1. The number of hydrogen-bond acceptors (Lipinski definition) is 4. The molecule has 112 valence electrons. The van der Waals surface area contributed by atoms with Gasteiger partial charge in [0.05, 0.1) is 11.8 Å². The molecule has 0 aliphatic heterocycles. The summed E-state index contributed by atoms with van der Waals surface area (Å²) in [6.07, 6.45) is 1.56. The third-order valence-electron chi connectivity index (χ3n) is 2.84. The maximum absolute atomic E-state index is 12.1. The minimum atomic E-state index is -0.380. The Bertz CT molecular complexity index is 712. The number of thiocarbonyl (C=S) groups is 1. The number of rotatable bonds is 4. The van der Waals surface area contributed by atoms with Crippen LogP contribution in [0.1, 0.15) is 21.5 Å². The molecule has 2 aromatic rings. The van der Waals surface area contributed by atoms with Gasteiger partial charge in [-0.1, -0.05) is 18.2 Å². The van der Waals surface area contributed by atoms with Crippen molar-refractivity contribution in [1.82, 2.24) is 5.43 Å². The molecular weight excluding hydrogens is 298 g/mol. The summed E-state index contributed by atoms with van der Waals surface area (Å²) in [4.78, 5) is 12.1. The highest BCUT2D eigenvalue weighted by atomic mass is 32.1. The van der Waals surface area contributed by atoms with E-state index in [9.17, 15) is 4.79 Å². The predicted molar refractivity (Wildman–Crippen MR) is 90.1 cm³/mol. The summed E-state index contributed by atoms with van der Waals surface area (Å²) in [7, 11) is 0. The summed E-state index contributed by atoms with van der Waals surface area (Å²) in [6.45, 7) is 1.87. The number of nitrogens with two attached hydrogens (primary N) is 1. The summed E-state index contributed by atoms with van der Waals surface area (Å²) < 4.78 is 5.34. The van der Waals surface area contributed by atoms with Crippen LogP contribution in [0, 0.1) is 6.92 Å². The topological polar surface area (TPSA) is 76.7 Å². The van der Waals surface area contributed by atoms with Gasteiger partial charge in [-0.2, -0.15) is 5.10 Å². The summed E-state index contributed by atoms with van der Waals surface area (Å²) in [6, 6.07) is 14.2. The summed E-state index contributed by atoms with van der Waals surface area (Å²) in [5.41, 5.74) is 9.96. The van der Waals surface area contributed by atoms with E-state index in [2.05, 4.69) is 22.7 Å². The van der Waals surface area contributed by atoms with E-state index < -0.39 is 0 Å². The van der Waals surface area contributed by atoms with Gasteiger partial charge in [0.15, 0.2) is 5.11 Å². The van der Waals surface area contributed by atoms with Crippen molar-refractivity contribution in [2.45, 2.75) is 6.92 Å². The van der Waals surface area contributed by atoms with E-state index in [0.717, 1.165) is 11.1 Å². The minimum Gasteiger partial charge on any atom is -0.423 e. The molecule has 0 unspecified atom stereocenters. The Hall–Kier alpha value is -2.73. The molecule has 0 bridgehead atoms. The van der Waals surface area contributed by atoms with Gasteiger partial charge < -0.3 is 10.5 Å². The van der Waals surface area contributed by atoms with Crippen LogP contribution in [0.15, 0.2) is 53.6 Å². The molecule has 6 heteroatoms. The van der Waals surface area contributed by atoms with Crippen LogP contribution in [0.25, 0.3) is 0 Å². The molecule has 2 rings (SSSR count). The average molecular weight is 313 g/mol. The Morgan fingerprint density at radius 2 is 1.91 bits per heavy atom. The Balaban J connectivity index is 2.02. The normalized spacial score (nSPS) is 10.4. The van der Waals surface area contributed by atoms with Crippen LogP contribution in [0.3, 0.4) is 0 Å². The lowest BCUT2D eigenvalue weighted by atomic mass is 10.1. The molecular formula is C16H15N3O2S. The van der Waals surface area contributed by atoms with Crippen LogP contribution in [-0.4, -0.2) is 17.3 Å². The van der Waals surface area contributed by atoms with E-state index in [1.54, 1.807) is 42.6 Å². The number of benzene rings is 2. The largest absolute Gasteiger partial charge is 0.423 e. The fraction of sp³-hybridized carbons (Fsp3) is 0.0625. The van der Waals surface area contributed by atoms with E-state index in [4.69, 9.17) is 10.5 Å². The van der Waals surface area contributed by atoms with Crippen LogP contribution in [0.4, 0.5) is 0 Å². The first kappa shape index (κ1) is 15.7. The zero-order valence-electron chi connectivity index (χ0n) is 11.9. The lowest BCUT2D eigenvalue weighted by molar-refractivity contribution is 0.0734. The number of aryl methyl sites for hydroxylation is 1. The molecule has 0 aliphatic rings. The molecule has 0 aliphatic carbocycles. The maximum Gasteiger partial charge on any atom is 0.343 e. The fourth-order valence-electron chi connectivity index (χ4n) is 1.76. The van der Waals surface area contributed by atoms with E-state index in [1.807, 2.05) is 19.1 Å². The van der Waals surface area contributed by atoms with Gasteiger partial charge in [-0.15, -0.1) is 0 Å². The van der Waals surface area contributed by atoms with Gasteiger partial charge >= 0.3 is 5.97 Å². The van der Waals surface area contributed by atoms with Gasteiger partial charge in [0.1, 0.15) is 5.75 Å².